The van der Waals surface area contributed by atoms with Gasteiger partial charge in [-0.05, 0) is 18.4 Å². The lowest BCUT2D eigenvalue weighted by atomic mass is 9.99. The molecule has 148 valence electrons. The van der Waals surface area contributed by atoms with Gasteiger partial charge in [-0.1, -0.05) is 36.8 Å². The zero-order chi connectivity index (χ0) is 18.5. The first-order chi connectivity index (χ1) is 12.6. The van der Waals surface area contributed by atoms with Gasteiger partial charge in [0.15, 0.2) is 5.96 Å². The summed E-state index contributed by atoms with van der Waals surface area (Å²) >= 11 is 0. The van der Waals surface area contributed by atoms with E-state index < -0.39 is 0 Å². The number of aromatic nitrogens is 2. The summed E-state index contributed by atoms with van der Waals surface area (Å²) in [5.41, 5.74) is 3.76. The monoisotopic (exact) mass is 483 g/mol. The SMILES string of the molecule is CN=C(NCC(C)c1cccc(C)c1)N1CCOC(c2cnn(C)c2)C1.I. The highest BCUT2D eigenvalue weighted by Gasteiger charge is 2.25. The van der Waals surface area contributed by atoms with E-state index in [0.717, 1.165) is 31.2 Å². The molecule has 0 radical (unpaired) electrons. The number of aliphatic imine (C=N–C) groups is 1. The van der Waals surface area contributed by atoms with Gasteiger partial charge in [0.2, 0.25) is 0 Å². The number of nitrogens with zero attached hydrogens (tertiary/aromatic N) is 4. The highest BCUT2D eigenvalue weighted by atomic mass is 127. The first-order valence-electron chi connectivity index (χ1n) is 9.19. The lowest BCUT2D eigenvalue weighted by molar-refractivity contribution is -0.00803. The zero-order valence-electron chi connectivity index (χ0n) is 16.6. The molecule has 7 heteroatoms. The van der Waals surface area contributed by atoms with Crippen molar-refractivity contribution in [2.45, 2.75) is 25.9 Å². The molecule has 1 aliphatic heterocycles. The average molecular weight is 483 g/mol. The third kappa shape index (κ3) is 5.68. The summed E-state index contributed by atoms with van der Waals surface area (Å²) in [5, 5.41) is 7.79. The van der Waals surface area contributed by atoms with Crippen molar-refractivity contribution in [3.63, 3.8) is 0 Å². The Labute approximate surface area is 179 Å². The Kier molecular flexibility index (Phi) is 8.09. The number of guanidine groups is 1. The van der Waals surface area contributed by atoms with Crippen LogP contribution in [0.2, 0.25) is 0 Å². The Morgan fingerprint density at radius 3 is 2.93 bits per heavy atom. The maximum atomic E-state index is 5.93. The molecule has 27 heavy (non-hydrogen) atoms. The molecule has 2 atom stereocenters. The smallest absolute Gasteiger partial charge is 0.193 e. The van der Waals surface area contributed by atoms with Crippen LogP contribution in [-0.2, 0) is 11.8 Å². The van der Waals surface area contributed by atoms with Gasteiger partial charge in [0.25, 0.3) is 0 Å². The van der Waals surface area contributed by atoms with Crippen LogP contribution in [0.1, 0.15) is 35.6 Å². The minimum absolute atomic E-state index is 0. The second kappa shape index (κ2) is 10.1. The van der Waals surface area contributed by atoms with Crippen molar-refractivity contribution in [3.8, 4) is 0 Å². The van der Waals surface area contributed by atoms with E-state index in [9.17, 15) is 0 Å². The molecule has 6 nitrogen and oxygen atoms in total. The molecule has 0 spiro atoms. The second-order valence-electron chi connectivity index (χ2n) is 7.00. The van der Waals surface area contributed by atoms with Crippen LogP contribution in [0.4, 0.5) is 0 Å². The van der Waals surface area contributed by atoms with Crippen LogP contribution in [0.25, 0.3) is 0 Å². The highest BCUT2D eigenvalue weighted by molar-refractivity contribution is 14.0. The van der Waals surface area contributed by atoms with Gasteiger partial charge in [0, 0.05) is 38.9 Å². The highest BCUT2D eigenvalue weighted by Crippen LogP contribution is 2.22. The van der Waals surface area contributed by atoms with Gasteiger partial charge in [-0.25, -0.2) is 0 Å². The molecule has 2 heterocycles. The lowest BCUT2D eigenvalue weighted by Crippen LogP contribution is -2.48. The summed E-state index contributed by atoms with van der Waals surface area (Å²) in [6, 6.07) is 8.70. The van der Waals surface area contributed by atoms with Gasteiger partial charge >= 0.3 is 0 Å². The molecule has 3 rings (SSSR count). The van der Waals surface area contributed by atoms with E-state index >= 15 is 0 Å². The van der Waals surface area contributed by atoms with E-state index in [0.29, 0.717) is 12.5 Å². The van der Waals surface area contributed by atoms with E-state index in [1.807, 2.05) is 31.2 Å². The quantitative estimate of drug-likeness (QED) is 0.413. The maximum absolute atomic E-state index is 5.93. The standard InChI is InChI=1S/C20H29N5O.HI/c1-15-6-5-7-17(10-15)16(2)11-22-20(21-3)25-8-9-26-19(14-25)18-12-23-24(4)13-18;/h5-7,10,12-13,16,19H,8-9,11,14H2,1-4H3,(H,21,22);1H. The van der Waals surface area contributed by atoms with Crippen LogP contribution in [0, 0.1) is 6.92 Å². The molecular formula is C20H30IN5O. The summed E-state index contributed by atoms with van der Waals surface area (Å²) in [4.78, 5) is 6.75. The number of halogens is 1. The molecule has 1 aliphatic rings. The summed E-state index contributed by atoms with van der Waals surface area (Å²) in [7, 11) is 3.77. The van der Waals surface area contributed by atoms with Gasteiger partial charge in [-0.15, -0.1) is 24.0 Å². The fourth-order valence-electron chi connectivity index (χ4n) is 3.32. The van der Waals surface area contributed by atoms with Crippen LogP contribution in [0.15, 0.2) is 41.7 Å². The number of morpholine rings is 1. The molecule has 1 fully saturated rings. The van der Waals surface area contributed by atoms with Gasteiger partial charge in [-0.3, -0.25) is 9.67 Å². The second-order valence-corrected chi connectivity index (χ2v) is 7.00. The molecule has 0 bridgehead atoms. The van der Waals surface area contributed by atoms with Gasteiger partial charge in [-0.2, -0.15) is 5.10 Å². The molecule has 0 aliphatic carbocycles. The number of nitrogens with one attached hydrogen (secondary N) is 1. The Bertz CT molecular complexity index is 760. The van der Waals surface area contributed by atoms with Crippen molar-refractivity contribution in [2.75, 3.05) is 33.3 Å². The Hall–Kier alpha value is -1.61. The fraction of sp³-hybridized carbons (Fsp3) is 0.500. The summed E-state index contributed by atoms with van der Waals surface area (Å²) in [5.74, 6) is 1.35. The van der Waals surface area contributed by atoms with Crippen LogP contribution in [-0.4, -0.2) is 53.9 Å². The van der Waals surface area contributed by atoms with Crippen molar-refractivity contribution < 1.29 is 4.74 Å². The number of hydrogen-bond donors (Lipinski definition) is 1. The maximum Gasteiger partial charge on any atom is 0.193 e. The minimum Gasteiger partial charge on any atom is -0.370 e. The average Bonchev–Trinajstić information content (AvgIpc) is 3.09. The number of aryl methyl sites for hydroxylation is 2. The van der Waals surface area contributed by atoms with Gasteiger partial charge in [0.1, 0.15) is 6.10 Å². The van der Waals surface area contributed by atoms with Crippen molar-refractivity contribution in [3.05, 3.63) is 53.3 Å². The lowest BCUT2D eigenvalue weighted by Gasteiger charge is -2.35. The van der Waals surface area contributed by atoms with Crippen LogP contribution in [0.5, 0.6) is 0 Å². The van der Waals surface area contributed by atoms with E-state index in [1.165, 1.54) is 11.1 Å². The van der Waals surface area contributed by atoms with E-state index in [2.05, 4.69) is 58.4 Å². The van der Waals surface area contributed by atoms with Crippen molar-refractivity contribution in [1.82, 2.24) is 20.0 Å². The van der Waals surface area contributed by atoms with Crippen molar-refractivity contribution in [2.24, 2.45) is 12.0 Å². The number of benzene rings is 1. The van der Waals surface area contributed by atoms with E-state index in [4.69, 9.17) is 4.74 Å². The largest absolute Gasteiger partial charge is 0.370 e. The molecule has 1 N–H and O–H groups in total. The van der Waals surface area contributed by atoms with Crippen molar-refractivity contribution in [1.29, 1.82) is 0 Å². The van der Waals surface area contributed by atoms with Crippen molar-refractivity contribution >= 4 is 29.9 Å². The van der Waals surface area contributed by atoms with Crippen LogP contribution < -0.4 is 5.32 Å². The van der Waals surface area contributed by atoms with E-state index in [1.54, 1.807) is 0 Å². The zero-order valence-corrected chi connectivity index (χ0v) is 18.9. The fourth-order valence-corrected chi connectivity index (χ4v) is 3.32. The molecule has 0 saturated carbocycles. The summed E-state index contributed by atoms with van der Waals surface area (Å²) in [6.45, 7) is 7.54. The molecule has 2 aromatic rings. The predicted molar refractivity (Wildman–Crippen MR) is 120 cm³/mol. The summed E-state index contributed by atoms with van der Waals surface area (Å²) in [6.07, 6.45) is 3.93. The topological polar surface area (TPSA) is 54.7 Å². The Morgan fingerprint density at radius 2 is 2.26 bits per heavy atom. The molecule has 0 amide bonds. The van der Waals surface area contributed by atoms with E-state index in [-0.39, 0.29) is 30.1 Å². The third-order valence-corrected chi connectivity index (χ3v) is 4.85. The Balaban J connectivity index is 0.00000261. The number of rotatable bonds is 4. The van der Waals surface area contributed by atoms with Gasteiger partial charge in [0.05, 0.1) is 19.3 Å². The third-order valence-electron chi connectivity index (χ3n) is 4.85. The number of ether oxygens (including phenoxy) is 1. The first-order valence-corrected chi connectivity index (χ1v) is 9.19. The molecule has 1 saturated heterocycles. The van der Waals surface area contributed by atoms with Gasteiger partial charge < -0.3 is 15.0 Å². The van der Waals surface area contributed by atoms with Crippen LogP contribution >= 0.6 is 24.0 Å². The number of hydrogen-bond acceptors (Lipinski definition) is 3. The molecule has 2 unspecified atom stereocenters. The normalized spacial score (nSPS) is 18.7. The molecule has 1 aromatic carbocycles. The van der Waals surface area contributed by atoms with Crippen LogP contribution in [0.3, 0.4) is 0 Å². The summed E-state index contributed by atoms with van der Waals surface area (Å²) < 4.78 is 7.75. The first kappa shape index (κ1) is 21.7. The minimum atomic E-state index is 0. The molecular weight excluding hydrogens is 453 g/mol. The Morgan fingerprint density at radius 1 is 1.44 bits per heavy atom. The molecule has 1 aromatic heterocycles. The predicted octanol–water partition coefficient (Wildman–Crippen LogP) is 3.10.